The summed E-state index contributed by atoms with van der Waals surface area (Å²) in [6.07, 6.45) is 4.94. The first kappa shape index (κ1) is 17.7. The Morgan fingerprint density at radius 2 is 1.90 bits per heavy atom. The first-order chi connectivity index (χ1) is 9.40. The van der Waals surface area contributed by atoms with Gasteiger partial charge >= 0.3 is 0 Å². The molecule has 0 radical (unpaired) electrons. The Morgan fingerprint density at radius 1 is 1.25 bits per heavy atom. The van der Waals surface area contributed by atoms with Crippen molar-refractivity contribution < 1.29 is 8.42 Å². The fourth-order valence-corrected chi connectivity index (χ4v) is 3.08. The Hall–Kier alpha value is -0.390. The molecule has 0 saturated heterocycles. The fraction of sp³-hybridized carbons (Fsp3) is 0.600. The SMILES string of the molecule is CCCNC(CCCS(C)(=O)=O)Cc1ccc(Br)cc1. The third kappa shape index (κ3) is 8.02. The molecule has 0 aliphatic carbocycles. The van der Waals surface area contributed by atoms with Gasteiger partial charge < -0.3 is 5.32 Å². The van der Waals surface area contributed by atoms with Crippen molar-refractivity contribution in [1.82, 2.24) is 5.32 Å². The number of halogens is 1. The van der Waals surface area contributed by atoms with Gasteiger partial charge in [-0.1, -0.05) is 35.0 Å². The Morgan fingerprint density at radius 3 is 2.45 bits per heavy atom. The molecule has 114 valence electrons. The molecule has 0 saturated carbocycles. The van der Waals surface area contributed by atoms with E-state index in [1.807, 2.05) is 12.1 Å². The molecule has 0 aromatic heterocycles. The second-order valence-electron chi connectivity index (χ2n) is 5.25. The van der Waals surface area contributed by atoms with Gasteiger partial charge in [0.15, 0.2) is 0 Å². The molecule has 0 amide bonds. The van der Waals surface area contributed by atoms with Crippen molar-refractivity contribution in [2.24, 2.45) is 0 Å². The minimum Gasteiger partial charge on any atom is -0.314 e. The van der Waals surface area contributed by atoms with Crippen LogP contribution in [0.4, 0.5) is 0 Å². The highest BCUT2D eigenvalue weighted by atomic mass is 79.9. The molecule has 1 atom stereocenters. The van der Waals surface area contributed by atoms with Crippen LogP contribution in [0.1, 0.15) is 31.7 Å². The number of hydrogen-bond donors (Lipinski definition) is 1. The fourth-order valence-electron chi connectivity index (χ4n) is 2.12. The average molecular weight is 362 g/mol. The molecule has 1 rings (SSSR count). The van der Waals surface area contributed by atoms with Crippen molar-refractivity contribution in [3.05, 3.63) is 34.3 Å². The van der Waals surface area contributed by atoms with Gasteiger partial charge in [-0.05, 0) is 49.9 Å². The lowest BCUT2D eigenvalue weighted by Crippen LogP contribution is -2.32. The van der Waals surface area contributed by atoms with Crippen LogP contribution < -0.4 is 5.32 Å². The van der Waals surface area contributed by atoms with Gasteiger partial charge in [0.1, 0.15) is 9.84 Å². The zero-order chi connectivity index (χ0) is 15.0. The molecule has 1 aromatic carbocycles. The predicted molar refractivity (Wildman–Crippen MR) is 88.9 cm³/mol. The van der Waals surface area contributed by atoms with E-state index < -0.39 is 9.84 Å². The lowest BCUT2D eigenvalue weighted by Gasteiger charge is -2.18. The maximum atomic E-state index is 11.2. The van der Waals surface area contributed by atoms with E-state index in [9.17, 15) is 8.42 Å². The summed E-state index contributed by atoms with van der Waals surface area (Å²) >= 11 is 3.44. The summed E-state index contributed by atoms with van der Waals surface area (Å²) in [5.41, 5.74) is 1.28. The lowest BCUT2D eigenvalue weighted by atomic mass is 10.0. The van der Waals surface area contributed by atoms with Crippen LogP contribution >= 0.6 is 15.9 Å². The standard InChI is InChI=1S/C15H24BrNO2S/c1-3-10-17-15(5-4-11-20(2,18)19)12-13-6-8-14(16)9-7-13/h6-9,15,17H,3-5,10-12H2,1-2H3. The van der Waals surface area contributed by atoms with E-state index >= 15 is 0 Å². The largest absolute Gasteiger partial charge is 0.314 e. The van der Waals surface area contributed by atoms with Crippen LogP contribution in [0, 0.1) is 0 Å². The molecule has 3 nitrogen and oxygen atoms in total. The molecule has 0 heterocycles. The third-order valence-corrected chi connectivity index (χ3v) is 4.71. The monoisotopic (exact) mass is 361 g/mol. The van der Waals surface area contributed by atoms with E-state index in [-0.39, 0.29) is 5.75 Å². The van der Waals surface area contributed by atoms with Crippen LogP contribution in [0.25, 0.3) is 0 Å². The zero-order valence-electron chi connectivity index (χ0n) is 12.2. The highest BCUT2D eigenvalue weighted by Gasteiger charge is 2.11. The van der Waals surface area contributed by atoms with Crippen molar-refractivity contribution in [2.45, 2.75) is 38.6 Å². The normalized spacial score (nSPS) is 13.3. The number of hydrogen-bond acceptors (Lipinski definition) is 3. The summed E-state index contributed by atoms with van der Waals surface area (Å²) in [7, 11) is -2.85. The summed E-state index contributed by atoms with van der Waals surface area (Å²) < 4.78 is 23.5. The molecule has 0 spiro atoms. The van der Waals surface area contributed by atoms with Crippen LogP contribution in [0.15, 0.2) is 28.7 Å². The van der Waals surface area contributed by atoms with Gasteiger partial charge in [0, 0.05) is 22.5 Å². The molecule has 0 aliphatic heterocycles. The minimum atomic E-state index is -2.85. The summed E-state index contributed by atoms with van der Waals surface area (Å²) in [5, 5.41) is 3.51. The summed E-state index contributed by atoms with van der Waals surface area (Å²) in [4.78, 5) is 0. The molecule has 1 aromatic rings. The molecule has 5 heteroatoms. The molecule has 0 aliphatic rings. The van der Waals surface area contributed by atoms with Crippen LogP contribution in [-0.4, -0.2) is 33.0 Å². The van der Waals surface area contributed by atoms with E-state index in [4.69, 9.17) is 0 Å². The number of sulfone groups is 1. The molecule has 1 unspecified atom stereocenters. The lowest BCUT2D eigenvalue weighted by molar-refractivity contribution is 0.472. The van der Waals surface area contributed by atoms with E-state index in [0.29, 0.717) is 6.04 Å². The van der Waals surface area contributed by atoms with E-state index in [2.05, 4.69) is 40.3 Å². The van der Waals surface area contributed by atoms with Gasteiger partial charge in [0.05, 0.1) is 0 Å². The first-order valence-corrected chi connectivity index (χ1v) is 9.91. The van der Waals surface area contributed by atoms with Crippen LogP contribution in [0.2, 0.25) is 0 Å². The number of nitrogens with one attached hydrogen (secondary N) is 1. The number of benzene rings is 1. The molecular formula is C15H24BrNO2S. The van der Waals surface area contributed by atoms with Crippen LogP contribution in [0.3, 0.4) is 0 Å². The molecule has 20 heavy (non-hydrogen) atoms. The van der Waals surface area contributed by atoms with Gasteiger partial charge in [0.25, 0.3) is 0 Å². The minimum absolute atomic E-state index is 0.275. The van der Waals surface area contributed by atoms with Crippen molar-refractivity contribution in [3.8, 4) is 0 Å². The maximum absolute atomic E-state index is 11.2. The van der Waals surface area contributed by atoms with Crippen molar-refractivity contribution in [3.63, 3.8) is 0 Å². The molecule has 0 bridgehead atoms. The Bertz CT molecular complexity index is 485. The smallest absolute Gasteiger partial charge is 0.147 e. The Labute approximate surface area is 131 Å². The van der Waals surface area contributed by atoms with Gasteiger partial charge in [-0.2, -0.15) is 0 Å². The van der Waals surface area contributed by atoms with Gasteiger partial charge in [0.2, 0.25) is 0 Å². The summed E-state index contributed by atoms with van der Waals surface area (Å²) in [6.45, 7) is 3.11. The highest BCUT2D eigenvalue weighted by molar-refractivity contribution is 9.10. The van der Waals surface area contributed by atoms with Crippen LogP contribution in [0.5, 0.6) is 0 Å². The maximum Gasteiger partial charge on any atom is 0.147 e. The number of rotatable bonds is 9. The molecule has 0 fully saturated rings. The zero-order valence-corrected chi connectivity index (χ0v) is 14.6. The molecule has 1 N–H and O–H groups in total. The predicted octanol–water partition coefficient (Wildman–Crippen LogP) is 3.18. The second kappa shape index (κ2) is 8.80. The van der Waals surface area contributed by atoms with Crippen LogP contribution in [-0.2, 0) is 16.3 Å². The van der Waals surface area contributed by atoms with Crippen molar-refractivity contribution in [1.29, 1.82) is 0 Å². The Kier molecular flexibility index (Phi) is 7.77. The topological polar surface area (TPSA) is 46.2 Å². The Balaban J connectivity index is 2.52. The van der Waals surface area contributed by atoms with Gasteiger partial charge in [-0.15, -0.1) is 0 Å². The highest BCUT2D eigenvalue weighted by Crippen LogP contribution is 2.13. The van der Waals surface area contributed by atoms with Gasteiger partial charge in [-0.25, -0.2) is 8.42 Å². The van der Waals surface area contributed by atoms with E-state index in [1.165, 1.54) is 11.8 Å². The first-order valence-electron chi connectivity index (χ1n) is 7.06. The molecular weight excluding hydrogens is 338 g/mol. The average Bonchev–Trinajstić information content (AvgIpc) is 2.37. The second-order valence-corrected chi connectivity index (χ2v) is 8.43. The van der Waals surface area contributed by atoms with Crippen molar-refractivity contribution >= 4 is 25.8 Å². The quantitative estimate of drug-likeness (QED) is 0.734. The van der Waals surface area contributed by atoms with Gasteiger partial charge in [-0.3, -0.25) is 0 Å². The van der Waals surface area contributed by atoms with Crippen molar-refractivity contribution in [2.75, 3.05) is 18.6 Å². The summed E-state index contributed by atoms with van der Waals surface area (Å²) in [5.74, 6) is 0.275. The van der Waals surface area contributed by atoms with E-state index in [1.54, 1.807) is 0 Å². The third-order valence-electron chi connectivity index (χ3n) is 3.15. The summed E-state index contributed by atoms with van der Waals surface area (Å²) in [6, 6.07) is 8.66. The van der Waals surface area contributed by atoms with E-state index in [0.717, 1.165) is 36.7 Å².